The molecule has 8 heteroatoms. The number of carbonyl (C=O) groups excluding carboxylic acids is 2. The number of nitrogens with one attached hydrogen (secondary N) is 2. The van der Waals surface area contributed by atoms with Crippen LogP contribution in [0.4, 0.5) is 18.9 Å². The van der Waals surface area contributed by atoms with Crippen molar-refractivity contribution in [3.05, 3.63) is 59.4 Å². The molecular formula is C17H13F3N2O3. The molecular weight excluding hydrogens is 337 g/mol. The SMILES string of the molecule is O=C(CNC(=O)[C@@H]1Cc2ccccc2O1)Nc1ccc(F)c(F)c1F. The largest absolute Gasteiger partial charge is 0.480 e. The van der Waals surface area contributed by atoms with Crippen LogP contribution >= 0.6 is 0 Å². The maximum Gasteiger partial charge on any atom is 0.261 e. The van der Waals surface area contributed by atoms with Crippen LogP contribution < -0.4 is 15.4 Å². The number of halogens is 3. The third-order valence-electron chi connectivity index (χ3n) is 3.67. The lowest BCUT2D eigenvalue weighted by Crippen LogP contribution is -2.41. The van der Waals surface area contributed by atoms with Crippen LogP contribution in [0.25, 0.3) is 0 Å². The van der Waals surface area contributed by atoms with Crippen molar-refractivity contribution >= 4 is 17.5 Å². The van der Waals surface area contributed by atoms with Crippen LogP contribution in [0.5, 0.6) is 5.75 Å². The number of rotatable bonds is 4. The first-order valence-corrected chi connectivity index (χ1v) is 7.41. The zero-order valence-corrected chi connectivity index (χ0v) is 12.8. The lowest BCUT2D eigenvalue weighted by Gasteiger charge is -2.12. The van der Waals surface area contributed by atoms with Gasteiger partial charge in [-0.25, -0.2) is 13.2 Å². The van der Waals surface area contributed by atoms with Crippen molar-refractivity contribution in [2.75, 3.05) is 11.9 Å². The second-order valence-corrected chi connectivity index (χ2v) is 5.41. The first kappa shape index (κ1) is 16.8. The average Bonchev–Trinajstić information content (AvgIpc) is 3.04. The quantitative estimate of drug-likeness (QED) is 0.831. The highest BCUT2D eigenvalue weighted by Crippen LogP contribution is 2.28. The first-order chi connectivity index (χ1) is 12.0. The molecule has 2 aromatic carbocycles. The molecule has 1 aliphatic heterocycles. The molecule has 5 nitrogen and oxygen atoms in total. The van der Waals surface area contributed by atoms with Crippen molar-refractivity contribution in [3.8, 4) is 5.75 Å². The molecule has 0 radical (unpaired) electrons. The van der Waals surface area contributed by atoms with Gasteiger partial charge in [0, 0.05) is 6.42 Å². The predicted octanol–water partition coefficient (Wildman–Crippen LogP) is 2.16. The molecule has 0 aromatic heterocycles. The van der Waals surface area contributed by atoms with Crippen LogP contribution in [0.2, 0.25) is 0 Å². The fourth-order valence-electron chi connectivity index (χ4n) is 2.43. The van der Waals surface area contributed by atoms with Crippen molar-refractivity contribution in [2.24, 2.45) is 0 Å². The van der Waals surface area contributed by atoms with Crippen molar-refractivity contribution in [1.29, 1.82) is 0 Å². The van der Waals surface area contributed by atoms with Gasteiger partial charge < -0.3 is 15.4 Å². The molecule has 2 aromatic rings. The number of carbonyl (C=O) groups is 2. The smallest absolute Gasteiger partial charge is 0.261 e. The van der Waals surface area contributed by atoms with E-state index in [0.717, 1.165) is 11.6 Å². The number of hydrogen-bond acceptors (Lipinski definition) is 3. The van der Waals surface area contributed by atoms with Gasteiger partial charge in [-0.1, -0.05) is 18.2 Å². The number of anilines is 1. The maximum absolute atomic E-state index is 13.5. The Labute approximate surface area is 140 Å². The molecule has 3 rings (SSSR count). The molecule has 130 valence electrons. The molecule has 0 unspecified atom stereocenters. The molecule has 1 atom stereocenters. The van der Waals surface area contributed by atoms with E-state index >= 15 is 0 Å². The fraction of sp³-hybridized carbons (Fsp3) is 0.176. The van der Waals surface area contributed by atoms with Gasteiger partial charge in [0.1, 0.15) is 5.75 Å². The summed E-state index contributed by atoms with van der Waals surface area (Å²) < 4.78 is 44.9. The molecule has 0 fully saturated rings. The van der Waals surface area contributed by atoms with Crippen LogP contribution in [0.15, 0.2) is 36.4 Å². The van der Waals surface area contributed by atoms with Crippen molar-refractivity contribution in [3.63, 3.8) is 0 Å². The summed E-state index contributed by atoms with van der Waals surface area (Å²) in [6.07, 6.45) is -0.383. The minimum Gasteiger partial charge on any atom is -0.480 e. The summed E-state index contributed by atoms with van der Waals surface area (Å²) in [4.78, 5) is 23.8. The molecule has 0 aliphatic carbocycles. The summed E-state index contributed by atoms with van der Waals surface area (Å²) in [7, 11) is 0. The highest BCUT2D eigenvalue weighted by molar-refractivity contribution is 5.95. The van der Waals surface area contributed by atoms with Gasteiger partial charge in [-0.3, -0.25) is 9.59 Å². The van der Waals surface area contributed by atoms with Gasteiger partial charge in [0.2, 0.25) is 5.91 Å². The Balaban J connectivity index is 1.53. The maximum atomic E-state index is 13.5. The number of ether oxygens (including phenoxy) is 1. The van der Waals surface area contributed by atoms with Crippen LogP contribution in [0.1, 0.15) is 5.56 Å². The summed E-state index contributed by atoms with van der Waals surface area (Å²) in [5.74, 6) is -5.23. The fourth-order valence-corrected chi connectivity index (χ4v) is 2.43. The second kappa shape index (κ2) is 6.84. The van der Waals surface area contributed by atoms with Gasteiger partial charge in [-0.2, -0.15) is 0 Å². The summed E-state index contributed by atoms with van der Waals surface area (Å²) >= 11 is 0. The zero-order chi connectivity index (χ0) is 18.0. The average molecular weight is 350 g/mol. The Morgan fingerprint density at radius 3 is 2.60 bits per heavy atom. The van der Waals surface area contributed by atoms with Gasteiger partial charge in [-0.05, 0) is 23.8 Å². The normalized spacial score (nSPS) is 15.2. The third kappa shape index (κ3) is 3.57. The Bertz CT molecular complexity index is 817. The minimum absolute atomic E-state index is 0.376. The van der Waals surface area contributed by atoms with Crippen LogP contribution in [0, 0.1) is 17.5 Å². The third-order valence-corrected chi connectivity index (χ3v) is 3.67. The van der Waals surface area contributed by atoms with Gasteiger partial charge in [0.15, 0.2) is 23.6 Å². The van der Waals surface area contributed by atoms with Crippen LogP contribution in [-0.2, 0) is 16.0 Å². The molecule has 1 aliphatic rings. The van der Waals surface area contributed by atoms with E-state index < -0.39 is 47.6 Å². The predicted molar refractivity (Wildman–Crippen MR) is 82.5 cm³/mol. The molecule has 2 N–H and O–H groups in total. The molecule has 0 saturated heterocycles. The van der Waals surface area contributed by atoms with E-state index in [0.29, 0.717) is 18.2 Å². The standard InChI is InChI=1S/C17H13F3N2O3/c18-10-5-6-11(16(20)15(10)19)22-14(23)8-21-17(24)13-7-9-3-1-2-4-12(9)25-13/h1-6,13H,7-8H2,(H,21,24)(H,22,23)/t13-/m0/s1. The second-order valence-electron chi connectivity index (χ2n) is 5.41. The first-order valence-electron chi connectivity index (χ1n) is 7.41. The summed E-state index contributed by atoms with van der Waals surface area (Å²) in [5, 5.41) is 4.42. The number of hydrogen-bond donors (Lipinski definition) is 2. The van der Waals surface area contributed by atoms with Crippen molar-refractivity contribution < 1.29 is 27.5 Å². The van der Waals surface area contributed by atoms with E-state index in [2.05, 4.69) is 10.6 Å². The van der Waals surface area contributed by atoms with E-state index in [9.17, 15) is 22.8 Å². The van der Waals surface area contributed by atoms with Gasteiger partial charge in [0.25, 0.3) is 5.91 Å². The molecule has 0 bridgehead atoms. The van der Waals surface area contributed by atoms with Crippen LogP contribution in [0.3, 0.4) is 0 Å². The Hall–Kier alpha value is -3.03. The summed E-state index contributed by atoms with van der Waals surface area (Å²) in [5.41, 5.74) is 0.374. The Morgan fingerprint density at radius 1 is 1.08 bits per heavy atom. The lowest BCUT2D eigenvalue weighted by molar-refractivity contribution is -0.129. The van der Waals surface area contributed by atoms with Gasteiger partial charge in [0.05, 0.1) is 12.2 Å². The number of para-hydroxylation sites is 1. The molecule has 25 heavy (non-hydrogen) atoms. The molecule has 0 saturated carbocycles. The molecule has 1 heterocycles. The highest BCUT2D eigenvalue weighted by atomic mass is 19.2. The van der Waals surface area contributed by atoms with E-state index in [1.165, 1.54) is 0 Å². The van der Waals surface area contributed by atoms with E-state index in [-0.39, 0.29) is 0 Å². The zero-order valence-electron chi connectivity index (χ0n) is 12.8. The summed E-state index contributed by atoms with van der Waals surface area (Å²) in [6, 6.07) is 8.76. The van der Waals surface area contributed by atoms with Crippen molar-refractivity contribution in [1.82, 2.24) is 5.32 Å². The summed E-state index contributed by atoms with van der Waals surface area (Å²) in [6.45, 7) is -0.465. The topological polar surface area (TPSA) is 67.4 Å². The van der Waals surface area contributed by atoms with Crippen LogP contribution in [-0.4, -0.2) is 24.5 Å². The van der Waals surface area contributed by atoms with E-state index in [1.807, 2.05) is 12.1 Å². The number of fused-ring (bicyclic) bond motifs is 1. The molecule has 2 amide bonds. The highest BCUT2D eigenvalue weighted by Gasteiger charge is 2.28. The molecule has 0 spiro atoms. The van der Waals surface area contributed by atoms with Gasteiger partial charge >= 0.3 is 0 Å². The van der Waals surface area contributed by atoms with Gasteiger partial charge in [-0.15, -0.1) is 0 Å². The Morgan fingerprint density at radius 2 is 1.84 bits per heavy atom. The minimum atomic E-state index is -1.68. The van der Waals surface area contributed by atoms with Crippen molar-refractivity contribution in [2.45, 2.75) is 12.5 Å². The van der Waals surface area contributed by atoms with E-state index in [1.54, 1.807) is 12.1 Å². The van der Waals surface area contributed by atoms with E-state index in [4.69, 9.17) is 4.74 Å². The number of amides is 2. The number of benzene rings is 2. The Kier molecular flexibility index (Phi) is 4.60. The monoisotopic (exact) mass is 350 g/mol. The lowest BCUT2D eigenvalue weighted by atomic mass is 10.1.